The molecule has 0 aromatic carbocycles. The number of rotatable bonds is 9. The normalized spacial score (nSPS) is 11.8. The number of aryl methyl sites for hydroxylation is 1. The molecule has 0 unspecified atom stereocenters. The quantitative estimate of drug-likeness (QED) is 0.552. The number of carbonyl (C=O) groups is 1. The SMILES string of the molecule is Cc1nn(CC(=O)O)c(C)c1S(=O)(=O)NCCCCCO. The zero-order chi connectivity index (χ0) is 16.0. The van der Waals surface area contributed by atoms with Gasteiger partial charge in [0.15, 0.2) is 0 Å². The summed E-state index contributed by atoms with van der Waals surface area (Å²) in [6.45, 7) is 3.05. The first kappa shape index (κ1) is 17.6. The van der Waals surface area contributed by atoms with Crippen LogP contribution >= 0.6 is 0 Å². The molecule has 1 heterocycles. The summed E-state index contributed by atoms with van der Waals surface area (Å²) in [4.78, 5) is 10.8. The van der Waals surface area contributed by atoms with E-state index in [-0.39, 0.29) is 30.3 Å². The first-order chi connectivity index (χ1) is 9.79. The summed E-state index contributed by atoms with van der Waals surface area (Å²) in [6, 6.07) is 0. The van der Waals surface area contributed by atoms with Gasteiger partial charge in [-0.15, -0.1) is 0 Å². The molecule has 21 heavy (non-hydrogen) atoms. The number of aliphatic hydroxyl groups is 1. The third-order valence-corrected chi connectivity index (χ3v) is 4.71. The molecule has 0 amide bonds. The summed E-state index contributed by atoms with van der Waals surface area (Å²) in [6.07, 6.45) is 1.99. The largest absolute Gasteiger partial charge is 0.480 e. The Balaban J connectivity index is 2.83. The lowest BCUT2D eigenvalue weighted by atomic mass is 10.2. The van der Waals surface area contributed by atoms with Gasteiger partial charge in [0, 0.05) is 13.2 Å². The minimum Gasteiger partial charge on any atom is -0.480 e. The van der Waals surface area contributed by atoms with Crippen molar-refractivity contribution < 1.29 is 23.4 Å². The molecule has 0 spiro atoms. The van der Waals surface area contributed by atoms with Crippen molar-refractivity contribution in [3.8, 4) is 0 Å². The molecule has 3 N–H and O–H groups in total. The molecule has 0 fully saturated rings. The van der Waals surface area contributed by atoms with E-state index in [2.05, 4.69) is 9.82 Å². The van der Waals surface area contributed by atoms with Crippen molar-refractivity contribution in [3.63, 3.8) is 0 Å². The van der Waals surface area contributed by atoms with Gasteiger partial charge in [-0.2, -0.15) is 5.10 Å². The summed E-state index contributed by atoms with van der Waals surface area (Å²) in [5, 5.41) is 21.4. The molecular formula is C12H21N3O5S. The number of sulfonamides is 1. The summed E-state index contributed by atoms with van der Waals surface area (Å²) in [5.41, 5.74) is 0.578. The Bertz CT molecular complexity index is 594. The van der Waals surface area contributed by atoms with Crippen molar-refractivity contribution in [2.24, 2.45) is 0 Å². The van der Waals surface area contributed by atoms with Crippen LogP contribution in [-0.2, 0) is 21.4 Å². The van der Waals surface area contributed by atoms with Gasteiger partial charge in [-0.3, -0.25) is 9.48 Å². The van der Waals surface area contributed by atoms with Crippen molar-refractivity contribution in [2.75, 3.05) is 13.2 Å². The maximum Gasteiger partial charge on any atom is 0.325 e. The molecule has 1 aromatic heterocycles. The molecule has 9 heteroatoms. The van der Waals surface area contributed by atoms with Crippen LogP contribution in [0.1, 0.15) is 30.7 Å². The third-order valence-electron chi connectivity index (χ3n) is 3.00. The van der Waals surface area contributed by atoms with Crippen LogP contribution in [0, 0.1) is 13.8 Å². The first-order valence-corrected chi connectivity index (χ1v) is 8.14. The molecular weight excluding hydrogens is 298 g/mol. The second-order valence-electron chi connectivity index (χ2n) is 4.73. The Kier molecular flexibility index (Phi) is 6.31. The Hall–Kier alpha value is -1.45. The highest BCUT2D eigenvalue weighted by Crippen LogP contribution is 2.19. The summed E-state index contributed by atoms with van der Waals surface area (Å²) in [7, 11) is -3.71. The van der Waals surface area contributed by atoms with Crippen LogP contribution in [0.3, 0.4) is 0 Å². The monoisotopic (exact) mass is 319 g/mol. The average molecular weight is 319 g/mol. The highest BCUT2D eigenvalue weighted by atomic mass is 32.2. The van der Waals surface area contributed by atoms with Gasteiger partial charge in [0.2, 0.25) is 10.0 Å². The molecule has 0 radical (unpaired) electrons. The molecule has 0 aliphatic rings. The zero-order valence-corrected chi connectivity index (χ0v) is 13.0. The molecule has 0 aliphatic heterocycles. The average Bonchev–Trinajstić information content (AvgIpc) is 2.63. The second-order valence-corrected chi connectivity index (χ2v) is 6.44. The number of carboxylic acid groups (broad SMARTS) is 1. The minimum absolute atomic E-state index is 0.0332. The lowest BCUT2D eigenvalue weighted by Crippen LogP contribution is -2.26. The first-order valence-electron chi connectivity index (χ1n) is 6.66. The van der Waals surface area contributed by atoms with Gasteiger partial charge < -0.3 is 10.2 Å². The number of unbranched alkanes of at least 4 members (excludes halogenated alkanes) is 2. The van der Waals surface area contributed by atoms with Crippen molar-refractivity contribution in [1.82, 2.24) is 14.5 Å². The second kappa shape index (κ2) is 7.53. The van der Waals surface area contributed by atoms with Gasteiger partial charge in [0.05, 0.1) is 11.4 Å². The Labute approximate surface area is 123 Å². The van der Waals surface area contributed by atoms with Gasteiger partial charge in [0.25, 0.3) is 0 Å². The third kappa shape index (κ3) is 4.80. The van der Waals surface area contributed by atoms with Gasteiger partial charge in [-0.25, -0.2) is 13.1 Å². The smallest absolute Gasteiger partial charge is 0.325 e. The van der Waals surface area contributed by atoms with Crippen molar-refractivity contribution in [3.05, 3.63) is 11.4 Å². The van der Waals surface area contributed by atoms with Gasteiger partial charge in [0.1, 0.15) is 11.4 Å². The maximum atomic E-state index is 12.2. The summed E-state index contributed by atoms with van der Waals surface area (Å²) >= 11 is 0. The number of aromatic nitrogens is 2. The standard InChI is InChI=1S/C12H21N3O5S/c1-9-12(10(2)15(14-9)8-11(17)18)21(19,20)13-6-4-3-5-7-16/h13,16H,3-8H2,1-2H3,(H,17,18). The number of nitrogens with zero attached hydrogens (tertiary/aromatic N) is 2. The van der Waals surface area contributed by atoms with Crippen LogP contribution in [0.2, 0.25) is 0 Å². The molecule has 120 valence electrons. The number of hydrogen-bond acceptors (Lipinski definition) is 5. The van der Waals surface area contributed by atoms with Gasteiger partial charge in [-0.05, 0) is 33.1 Å². The van der Waals surface area contributed by atoms with Gasteiger partial charge >= 0.3 is 5.97 Å². The molecule has 8 nitrogen and oxygen atoms in total. The van der Waals surface area contributed by atoms with Crippen LogP contribution in [0.15, 0.2) is 4.90 Å². The highest BCUT2D eigenvalue weighted by Gasteiger charge is 2.24. The molecule has 0 saturated carbocycles. The summed E-state index contributed by atoms with van der Waals surface area (Å²) in [5.74, 6) is -1.08. The van der Waals surface area contributed by atoms with E-state index in [4.69, 9.17) is 10.2 Å². The molecule has 0 atom stereocenters. The van der Waals surface area contributed by atoms with Crippen molar-refractivity contribution in [2.45, 2.75) is 44.6 Å². The van der Waals surface area contributed by atoms with Gasteiger partial charge in [-0.1, -0.05) is 0 Å². The van der Waals surface area contributed by atoms with E-state index < -0.39 is 16.0 Å². The van der Waals surface area contributed by atoms with Crippen LogP contribution in [-0.4, -0.2) is 47.5 Å². The van der Waals surface area contributed by atoms with E-state index in [1.807, 2.05) is 0 Å². The molecule has 0 bridgehead atoms. The number of aliphatic hydroxyl groups excluding tert-OH is 1. The van der Waals surface area contributed by atoms with E-state index in [0.717, 1.165) is 11.1 Å². The number of aliphatic carboxylic acids is 1. The van der Waals surface area contributed by atoms with E-state index >= 15 is 0 Å². The Morgan fingerprint density at radius 3 is 2.52 bits per heavy atom. The van der Waals surface area contributed by atoms with Crippen molar-refractivity contribution in [1.29, 1.82) is 0 Å². The lowest BCUT2D eigenvalue weighted by Gasteiger charge is -2.07. The maximum absolute atomic E-state index is 12.2. The number of hydrogen-bond donors (Lipinski definition) is 3. The predicted octanol–water partition coefficient (Wildman–Crippen LogP) is 0.0254. The molecule has 1 rings (SSSR count). The zero-order valence-electron chi connectivity index (χ0n) is 12.2. The van der Waals surface area contributed by atoms with Crippen LogP contribution in [0.25, 0.3) is 0 Å². The fourth-order valence-corrected chi connectivity index (χ4v) is 3.53. The lowest BCUT2D eigenvalue weighted by molar-refractivity contribution is -0.137. The molecule has 1 aromatic rings. The predicted molar refractivity (Wildman–Crippen MR) is 75.5 cm³/mol. The minimum atomic E-state index is -3.71. The van der Waals surface area contributed by atoms with Crippen LogP contribution < -0.4 is 4.72 Å². The van der Waals surface area contributed by atoms with Crippen molar-refractivity contribution >= 4 is 16.0 Å². The fraction of sp³-hybridized carbons (Fsp3) is 0.667. The van der Waals surface area contributed by atoms with E-state index in [0.29, 0.717) is 18.5 Å². The topological polar surface area (TPSA) is 122 Å². The highest BCUT2D eigenvalue weighted by molar-refractivity contribution is 7.89. The molecule has 0 aliphatic carbocycles. The van der Waals surface area contributed by atoms with Crippen LogP contribution in [0.5, 0.6) is 0 Å². The van der Waals surface area contributed by atoms with E-state index in [9.17, 15) is 13.2 Å². The van der Waals surface area contributed by atoms with Crippen LogP contribution in [0.4, 0.5) is 0 Å². The number of carboxylic acids is 1. The number of nitrogens with one attached hydrogen (secondary N) is 1. The fourth-order valence-electron chi connectivity index (χ4n) is 2.04. The molecule has 0 saturated heterocycles. The van der Waals surface area contributed by atoms with E-state index in [1.165, 1.54) is 13.8 Å². The van der Waals surface area contributed by atoms with E-state index in [1.54, 1.807) is 0 Å². The summed E-state index contributed by atoms with van der Waals surface area (Å²) < 4.78 is 28.1. The Morgan fingerprint density at radius 2 is 1.95 bits per heavy atom. The Morgan fingerprint density at radius 1 is 1.29 bits per heavy atom.